The van der Waals surface area contributed by atoms with Gasteiger partial charge in [-0.15, -0.1) is 6.42 Å². The van der Waals surface area contributed by atoms with Gasteiger partial charge in [0, 0.05) is 48.4 Å². The highest BCUT2D eigenvalue weighted by Gasteiger charge is 2.34. The summed E-state index contributed by atoms with van der Waals surface area (Å²) in [6.45, 7) is 3.26. The highest BCUT2D eigenvalue weighted by molar-refractivity contribution is 14.1. The predicted molar refractivity (Wildman–Crippen MR) is 166 cm³/mol. The number of hydrogen-bond acceptors (Lipinski definition) is 8. The Balaban J connectivity index is 1.39. The summed E-state index contributed by atoms with van der Waals surface area (Å²) in [6.07, 6.45) is 12.0. The molecule has 0 aliphatic carbocycles. The van der Waals surface area contributed by atoms with Gasteiger partial charge in [-0.1, -0.05) is 12.0 Å². The number of phenolic OH excluding ortho intramolecular Hbond substituents is 1. The third-order valence-electron chi connectivity index (χ3n) is 8.69. The van der Waals surface area contributed by atoms with Crippen LogP contribution in [0.5, 0.6) is 11.8 Å². The van der Waals surface area contributed by atoms with Crippen molar-refractivity contribution >= 4 is 50.2 Å². The smallest absolute Gasteiger partial charge is 0.319 e. The number of anilines is 1. The summed E-state index contributed by atoms with van der Waals surface area (Å²) < 4.78 is 21.9. The Labute approximate surface area is 251 Å². The third-order valence-corrected chi connectivity index (χ3v) is 9.78. The zero-order valence-corrected chi connectivity index (χ0v) is 24.9. The van der Waals surface area contributed by atoms with Crippen molar-refractivity contribution in [3.8, 4) is 35.2 Å². The number of phenols is 1. The topological polar surface area (TPSA) is 86.6 Å². The Morgan fingerprint density at radius 2 is 1.95 bits per heavy atom. The number of likely N-dealkylation sites (tertiary alicyclic amines) is 1. The van der Waals surface area contributed by atoms with Crippen LogP contribution in [-0.4, -0.2) is 76.4 Å². The molecule has 8 nitrogen and oxygen atoms in total. The molecule has 3 unspecified atom stereocenters. The fourth-order valence-electron chi connectivity index (χ4n) is 6.59. The molecule has 7 rings (SSSR count). The lowest BCUT2D eigenvalue weighted by atomic mass is 9.94. The number of pyridine rings is 1. The number of nitrogens with one attached hydrogen (secondary N) is 1. The second-order valence-electron chi connectivity index (χ2n) is 11.3. The molecule has 2 aromatic heterocycles. The molecule has 10 heteroatoms. The van der Waals surface area contributed by atoms with E-state index in [0.717, 1.165) is 54.7 Å². The lowest BCUT2D eigenvalue weighted by molar-refractivity contribution is 0.188. The summed E-state index contributed by atoms with van der Waals surface area (Å²) in [7, 11) is 2.12. The van der Waals surface area contributed by atoms with Crippen LogP contribution in [0.25, 0.3) is 32.9 Å². The van der Waals surface area contributed by atoms with E-state index in [1.165, 1.54) is 6.07 Å². The number of benzene rings is 2. The second kappa shape index (κ2) is 10.5. The number of rotatable bonds is 5. The molecule has 2 N–H and O–H groups in total. The first kappa shape index (κ1) is 26.6. The molecule has 3 aliphatic rings. The molecule has 0 amide bonds. The van der Waals surface area contributed by atoms with Crippen molar-refractivity contribution in [3.05, 3.63) is 45.4 Å². The van der Waals surface area contributed by atoms with Crippen LogP contribution in [0.3, 0.4) is 0 Å². The highest BCUT2D eigenvalue weighted by atomic mass is 127. The number of aromatic nitrogens is 3. The lowest BCUT2D eigenvalue weighted by Gasteiger charge is -2.34. The number of aromatic hydroxyl groups is 1. The average Bonchev–Trinajstić information content (AvgIpc) is 3.54. The second-order valence-corrected chi connectivity index (χ2v) is 12.4. The molecule has 0 saturated carbocycles. The van der Waals surface area contributed by atoms with Crippen molar-refractivity contribution in [2.24, 2.45) is 0 Å². The zero-order valence-electron chi connectivity index (χ0n) is 22.7. The molecular formula is C31H30FIN6O2. The van der Waals surface area contributed by atoms with Crippen LogP contribution in [-0.2, 0) is 0 Å². The van der Waals surface area contributed by atoms with E-state index in [0.29, 0.717) is 63.7 Å². The van der Waals surface area contributed by atoms with E-state index in [1.807, 2.05) is 0 Å². The Bertz CT molecular complexity index is 1710. The molecule has 2 bridgehead atoms. The molecule has 0 spiro atoms. The average molecular weight is 665 g/mol. The van der Waals surface area contributed by atoms with Gasteiger partial charge in [0.15, 0.2) is 5.82 Å². The van der Waals surface area contributed by atoms with E-state index in [-0.39, 0.29) is 11.3 Å². The van der Waals surface area contributed by atoms with Crippen LogP contribution in [0.1, 0.15) is 31.2 Å². The normalized spacial score (nSPS) is 22.5. The molecular weight excluding hydrogens is 634 g/mol. The predicted octanol–water partition coefficient (Wildman–Crippen LogP) is 4.69. The molecule has 210 valence electrons. The van der Waals surface area contributed by atoms with Crippen LogP contribution < -0.4 is 15.0 Å². The molecule has 3 fully saturated rings. The van der Waals surface area contributed by atoms with Gasteiger partial charge in [0.1, 0.15) is 29.2 Å². The zero-order chi connectivity index (χ0) is 28.2. The van der Waals surface area contributed by atoms with Gasteiger partial charge >= 0.3 is 6.01 Å². The van der Waals surface area contributed by atoms with Gasteiger partial charge in [-0.2, -0.15) is 9.97 Å². The van der Waals surface area contributed by atoms with Crippen LogP contribution in [0.4, 0.5) is 10.2 Å². The minimum absolute atomic E-state index is 0.0577. The van der Waals surface area contributed by atoms with E-state index >= 15 is 0 Å². The van der Waals surface area contributed by atoms with Gasteiger partial charge in [0.25, 0.3) is 0 Å². The summed E-state index contributed by atoms with van der Waals surface area (Å²) in [5.41, 5.74) is 2.80. The number of hydrogen-bond donors (Lipinski definition) is 2. The quantitative estimate of drug-likeness (QED) is 0.235. The number of fused-ring (bicyclic) bond motifs is 4. The molecule has 3 aliphatic heterocycles. The SMILES string of the molecule is C#Cc1c(F)ccc2cc(O)cc(-c3cnc4c(N5CC6CCC(C5)N6)nc(OCC5CCCN5C)nc4c3I)c12. The van der Waals surface area contributed by atoms with Gasteiger partial charge in [-0.05, 0) is 91.0 Å². The van der Waals surface area contributed by atoms with Crippen molar-refractivity contribution in [2.45, 2.75) is 43.8 Å². The Morgan fingerprint density at radius 3 is 2.68 bits per heavy atom. The van der Waals surface area contributed by atoms with E-state index < -0.39 is 5.82 Å². The summed E-state index contributed by atoms with van der Waals surface area (Å²) in [6, 6.07) is 7.65. The van der Waals surface area contributed by atoms with E-state index in [9.17, 15) is 9.50 Å². The molecule has 41 heavy (non-hydrogen) atoms. The standard InChI is InChI=1S/C31H30FIN6O2/c1-3-22-25(32)9-6-17-11-21(40)12-23(26(17)22)24-13-34-29-28(27(24)33)36-31(41-16-20-5-4-10-38(20)2)37-30(29)39-14-18-7-8-19(15-39)35-18/h1,6,9,11-13,18-20,35,40H,4-5,7-8,10,14-16H2,2H3. The number of nitrogens with zero attached hydrogens (tertiary/aromatic N) is 5. The van der Waals surface area contributed by atoms with Crippen LogP contribution in [0.15, 0.2) is 30.5 Å². The third kappa shape index (κ3) is 4.73. The van der Waals surface area contributed by atoms with E-state index in [1.54, 1.807) is 24.4 Å². The van der Waals surface area contributed by atoms with Crippen molar-refractivity contribution in [1.29, 1.82) is 0 Å². The summed E-state index contributed by atoms with van der Waals surface area (Å²) >= 11 is 2.26. The van der Waals surface area contributed by atoms with Crippen LogP contribution in [0, 0.1) is 21.7 Å². The van der Waals surface area contributed by atoms with E-state index in [2.05, 4.69) is 50.7 Å². The Hall–Kier alpha value is -3.27. The van der Waals surface area contributed by atoms with Crippen molar-refractivity contribution in [3.63, 3.8) is 0 Å². The maximum absolute atomic E-state index is 14.8. The maximum Gasteiger partial charge on any atom is 0.319 e. The fourth-order valence-corrected chi connectivity index (χ4v) is 7.40. The number of piperazine rings is 1. The molecule has 2 aromatic carbocycles. The fraction of sp³-hybridized carbons (Fsp3) is 0.387. The maximum atomic E-state index is 14.8. The number of halogens is 2. The van der Waals surface area contributed by atoms with Gasteiger partial charge in [0.2, 0.25) is 0 Å². The summed E-state index contributed by atoms with van der Waals surface area (Å²) in [5, 5.41) is 15.5. The van der Waals surface area contributed by atoms with Crippen molar-refractivity contribution in [1.82, 2.24) is 25.2 Å². The number of terminal acetylenes is 1. The molecule has 4 aromatic rings. The molecule has 3 saturated heterocycles. The monoisotopic (exact) mass is 664 g/mol. The minimum atomic E-state index is -0.485. The Kier molecular flexibility index (Phi) is 6.84. The molecule has 0 radical (unpaired) electrons. The lowest BCUT2D eigenvalue weighted by Crippen LogP contribution is -2.51. The van der Waals surface area contributed by atoms with Crippen LogP contribution in [0.2, 0.25) is 0 Å². The van der Waals surface area contributed by atoms with E-state index in [4.69, 9.17) is 26.1 Å². The highest BCUT2D eigenvalue weighted by Crippen LogP contribution is 2.40. The van der Waals surface area contributed by atoms with Crippen molar-refractivity contribution < 1.29 is 14.2 Å². The summed E-state index contributed by atoms with van der Waals surface area (Å²) in [5.74, 6) is 2.85. The van der Waals surface area contributed by atoms with Gasteiger partial charge in [0.05, 0.1) is 9.13 Å². The first-order valence-electron chi connectivity index (χ1n) is 14.0. The minimum Gasteiger partial charge on any atom is -0.508 e. The molecule has 5 heterocycles. The first-order chi connectivity index (χ1) is 19.9. The summed E-state index contributed by atoms with van der Waals surface area (Å²) in [4.78, 5) is 19.3. The number of ether oxygens (including phenoxy) is 1. The largest absolute Gasteiger partial charge is 0.508 e. The van der Waals surface area contributed by atoms with Crippen LogP contribution >= 0.6 is 22.6 Å². The van der Waals surface area contributed by atoms with Gasteiger partial charge in [-0.3, -0.25) is 0 Å². The van der Waals surface area contributed by atoms with Gasteiger partial charge < -0.3 is 25.0 Å². The number of likely N-dealkylation sites (N-methyl/N-ethyl adjacent to an activating group) is 1. The van der Waals surface area contributed by atoms with Gasteiger partial charge in [-0.25, -0.2) is 9.37 Å². The Morgan fingerprint density at radius 1 is 1.15 bits per heavy atom. The van der Waals surface area contributed by atoms with Crippen molar-refractivity contribution in [2.75, 3.05) is 38.2 Å². The first-order valence-corrected chi connectivity index (χ1v) is 15.1. The molecule has 3 atom stereocenters.